The molecule has 1 aliphatic carbocycles. The normalized spacial score (nSPS) is 22.8. The molecule has 1 atom stereocenters. The fourth-order valence-corrected chi connectivity index (χ4v) is 2.54. The number of fused-ring (bicyclic) bond motifs is 3. The number of aliphatic imine (C=N–C) groups is 1. The third-order valence-corrected chi connectivity index (χ3v) is 3.17. The zero-order valence-electron chi connectivity index (χ0n) is 6.77. The average molecular weight is 189 g/mol. The van der Waals surface area contributed by atoms with Crippen LogP contribution >= 0.6 is 11.8 Å². The summed E-state index contributed by atoms with van der Waals surface area (Å²) in [5.41, 5.74) is 4.17. The molecular formula is C10H7NOS. The summed E-state index contributed by atoms with van der Waals surface area (Å²) in [5.74, 6) is 0.320. The topological polar surface area (TPSA) is 32.6 Å². The molecule has 64 valence electrons. The SMILES string of the molecule is Oc1ccc2c(c1)C1N=CSC1=C2. The molecule has 1 unspecified atom stereocenters. The van der Waals surface area contributed by atoms with E-state index < -0.39 is 0 Å². The van der Waals surface area contributed by atoms with Gasteiger partial charge in [-0.25, -0.2) is 0 Å². The molecule has 0 spiro atoms. The van der Waals surface area contributed by atoms with Gasteiger partial charge in [0, 0.05) is 4.91 Å². The van der Waals surface area contributed by atoms with E-state index >= 15 is 0 Å². The highest BCUT2D eigenvalue weighted by molar-refractivity contribution is 8.15. The Hall–Kier alpha value is -1.22. The molecule has 0 saturated heterocycles. The first kappa shape index (κ1) is 7.21. The predicted octanol–water partition coefficient (Wildman–Crippen LogP) is 2.56. The molecule has 0 radical (unpaired) electrons. The van der Waals surface area contributed by atoms with Crippen LogP contribution in [-0.4, -0.2) is 10.7 Å². The Morgan fingerprint density at radius 1 is 1.38 bits per heavy atom. The van der Waals surface area contributed by atoms with Crippen molar-refractivity contribution in [3.63, 3.8) is 0 Å². The average Bonchev–Trinajstić information content (AvgIpc) is 2.64. The quantitative estimate of drug-likeness (QED) is 0.680. The van der Waals surface area contributed by atoms with Gasteiger partial charge in [0.05, 0.1) is 5.55 Å². The fraction of sp³-hybridized carbons (Fsp3) is 0.100. The van der Waals surface area contributed by atoms with Crippen LogP contribution in [0.25, 0.3) is 6.08 Å². The zero-order chi connectivity index (χ0) is 8.84. The van der Waals surface area contributed by atoms with Gasteiger partial charge in [0.25, 0.3) is 0 Å². The number of phenols is 1. The van der Waals surface area contributed by atoms with E-state index in [1.54, 1.807) is 23.9 Å². The van der Waals surface area contributed by atoms with E-state index in [2.05, 4.69) is 11.1 Å². The van der Waals surface area contributed by atoms with Crippen LogP contribution in [0.1, 0.15) is 17.2 Å². The number of thioether (sulfide) groups is 1. The van der Waals surface area contributed by atoms with Gasteiger partial charge >= 0.3 is 0 Å². The molecule has 2 aliphatic rings. The lowest BCUT2D eigenvalue weighted by Gasteiger charge is -2.04. The van der Waals surface area contributed by atoms with Crippen molar-refractivity contribution in [1.82, 2.24) is 0 Å². The summed E-state index contributed by atoms with van der Waals surface area (Å²) in [6.45, 7) is 0. The van der Waals surface area contributed by atoms with Gasteiger partial charge in [-0.05, 0) is 29.3 Å². The van der Waals surface area contributed by atoms with Gasteiger partial charge in [0.1, 0.15) is 11.8 Å². The summed E-state index contributed by atoms with van der Waals surface area (Å²) in [6, 6.07) is 5.61. The van der Waals surface area contributed by atoms with Crippen LogP contribution in [0.3, 0.4) is 0 Å². The summed E-state index contributed by atoms with van der Waals surface area (Å²) in [6.07, 6.45) is 2.14. The number of aromatic hydroxyl groups is 1. The highest BCUT2D eigenvalue weighted by atomic mass is 32.2. The molecule has 1 aromatic rings. The standard InChI is InChI=1S/C10H7NOS/c12-7-2-1-6-3-9-10(8(6)4-7)11-5-13-9/h1-5,10,12H. The van der Waals surface area contributed by atoms with Gasteiger partial charge < -0.3 is 5.11 Å². The van der Waals surface area contributed by atoms with E-state index in [0.717, 1.165) is 5.56 Å². The number of hydrogen-bond donors (Lipinski definition) is 1. The maximum Gasteiger partial charge on any atom is 0.115 e. The smallest absolute Gasteiger partial charge is 0.115 e. The Balaban J connectivity index is 2.21. The summed E-state index contributed by atoms with van der Waals surface area (Å²) >= 11 is 1.66. The fourth-order valence-electron chi connectivity index (χ4n) is 1.72. The van der Waals surface area contributed by atoms with Gasteiger partial charge in [-0.1, -0.05) is 17.8 Å². The lowest BCUT2D eigenvalue weighted by molar-refractivity contribution is 0.474. The first-order chi connectivity index (χ1) is 6.34. The van der Waals surface area contributed by atoms with Crippen molar-refractivity contribution >= 4 is 23.4 Å². The minimum absolute atomic E-state index is 0.159. The monoisotopic (exact) mass is 189 g/mol. The number of benzene rings is 1. The van der Waals surface area contributed by atoms with Crippen molar-refractivity contribution in [2.24, 2.45) is 4.99 Å². The highest BCUT2D eigenvalue weighted by Gasteiger charge is 2.27. The van der Waals surface area contributed by atoms with Crippen LogP contribution in [-0.2, 0) is 0 Å². The Morgan fingerprint density at radius 3 is 3.23 bits per heavy atom. The molecular weight excluding hydrogens is 182 g/mol. The Labute approximate surface area is 80.0 Å². The second-order valence-corrected chi connectivity index (χ2v) is 4.05. The van der Waals surface area contributed by atoms with Crippen LogP contribution in [0, 0.1) is 0 Å². The lowest BCUT2D eigenvalue weighted by atomic mass is 10.1. The van der Waals surface area contributed by atoms with Crippen molar-refractivity contribution in [2.45, 2.75) is 6.04 Å². The van der Waals surface area contributed by atoms with E-state index in [-0.39, 0.29) is 6.04 Å². The van der Waals surface area contributed by atoms with E-state index in [1.165, 1.54) is 10.5 Å². The molecule has 0 fully saturated rings. The Morgan fingerprint density at radius 2 is 2.31 bits per heavy atom. The van der Waals surface area contributed by atoms with E-state index in [1.807, 2.05) is 11.6 Å². The molecule has 0 aromatic heterocycles. The van der Waals surface area contributed by atoms with Crippen molar-refractivity contribution in [1.29, 1.82) is 0 Å². The van der Waals surface area contributed by atoms with Gasteiger partial charge in [-0.2, -0.15) is 0 Å². The second-order valence-electron chi connectivity index (χ2n) is 3.13. The van der Waals surface area contributed by atoms with Crippen LogP contribution in [0.15, 0.2) is 28.1 Å². The molecule has 1 aromatic carbocycles. The van der Waals surface area contributed by atoms with Gasteiger partial charge in [-0.15, -0.1) is 0 Å². The molecule has 0 amide bonds. The molecule has 3 rings (SSSR count). The third kappa shape index (κ3) is 0.937. The summed E-state index contributed by atoms with van der Waals surface area (Å²) in [4.78, 5) is 5.60. The molecule has 13 heavy (non-hydrogen) atoms. The Kier molecular flexibility index (Phi) is 1.32. The maximum atomic E-state index is 9.33. The highest BCUT2D eigenvalue weighted by Crippen LogP contribution is 2.46. The molecule has 1 heterocycles. The summed E-state index contributed by atoms with van der Waals surface area (Å²) in [5, 5.41) is 9.33. The van der Waals surface area contributed by atoms with Crippen LogP contribution < -0.4 is 0 Å². The summed E-state index contributed by atoms with van der Waals surface area (Å²) < 4.78 is 0. The molecule has 1 aliphatic heterocycles. The van der Waals surface area contributed by atoms with Crippen LogP contribution in [0.5, 0.6) is 5.75 Å². The number of hydrogen-bond acceptors (Lipinski definition) is 3. The Bertz CT molecular complexity index is 437. The molecule has 0 bridgehead atoms. The number of nitrogens with zero attached hydrogens (tertiary/aromatic N) is 1. The number of phenolic OH excluding ortho intramolecular Hbond substituents is 1. The van der Waals surface area contributed by atoms with Crippen molar-refractivity contribution in [3.05, 3.63) is 34.2 Å². The largest absolute Gasteiger partial charge is 0.508 e. The number of rotatable bonds is 0. The lowest BCUT2D eigenvalue weighted by Crippen LogP contribution is -1.88. The van der Waals surface area contributed by atoms with Gasteiger partial charge in [0.15, 0.2) is 0 Å². The third-order valence-electron chi connectivity index (χ3n) is 2.33. The minimum atomic E-state index is 0.159. The van der Waals surface area contributed by atoms with E-state index in [4.69, 9.17) is 0 Å². The first-order valence-electron chi connectivity index (χ1n) is 4.07. The van der Waals surface area contributed by atoms with Crippen LogP contribution in [0.4, 0.5) is 0 Å². The van der Waals surface area contributed by atoms with Crippen molar-refractivity contribution in [2.75, 3.05) is 0 Å². The van der Waals surface area contributed by atoms with Crippen molar-refractivity contribution < 1.29 is 5.11 Å². The molecule has 3 heteroatoms. The maximum absolute atomic E-state index is 9.33. The molecule has 0 saturated carbocycles. The molecule has 2 nitrogen and oxygen atoms in total. The minimum Gasteiger partial charge on any atom is -0.508 e. The van der Waals surface area contributed by atoms with Crippen LogP contribution in [0.2, 0.25) is 0 Å². The first-order valence-corrected chi connectivity index (χ1v) is 4.95. The molecule has 1 N–H and O–H groups in total. The van der Waals surface area contributed by atoms with Gasteiger partial charge in [-0.3, -0.25) is 4.99 Å². The summed E-state index contributed by atoms with van der Waals surface area (Å²) in [7, 11) is 0. The van der Waals surface area contributed by atoms with Crippen molar-refractivity contribution in [3.8, 4) is 5.75 Å². The second kappa shape index (κ2) is 2.39. The zero-order valence-corrected chi connectivity index (χ0v) is 7.58. The predicted molar refractivity (Wildman–Crippen MR) is 54.9 cm³/mol. The van der Waals surface area contributed by atoms with E-state index in [9.17, 15) is 5.11 Å². The van der Waals surface area contributed by atoms with E-state index in [0.29, 0.717) is 5.75 Å². The van der Waals surface area contributed by atoms with Gasteiger partial charge in [0.2, 0.25) is 0 Å².